The molecule has 1 aliphatic rings. The molecule has 0 unspecified atom stereocenters. The van der Waals surface area contributed by atoms with E-state index in [9.17, 15) is 14.4 Å². The number of amides is 3. The van der Waals surface area contributed by atoms with Crippen LogP contribution >= 0.6 is 0 Å². The lowest BCUT2D eigenvalue weighted by Crippen LogP contribution is -2.33. The molecule has 182 valence electrons. The minimum absolute atomic E-state index is 0.223. The molecule has 0 aliphatic carbocycles. The van der Waals surface area contributed by atoms with E-state index in [1.54, 1.807) is 0 Å². The van der Waals surface area contributed by atoms with Gasteiger partial charge in [0, 0.05) is 18.7 Å². The van der Waals surface area contributed by atoms with Crippen molar-refractivity contribution in [2.45, 2.75) is 86.7 Å². The van der Waals surface area contributed by atoms with Crippen LogP contribution in [0.5, 0.6) is 0 Å². The van der Waals surface area contributed by atoms with Crippen molar-refractivity contribution >= 4 is 23.5 Å². The van der Waals surface area contributed by atoms with Crippen LogP contribution in [0.1, 0.15) is 84.3 Å². The predicted molar refractivity (Wildman–Crippen MR) is 129 cm³/mol. The molecule has 1 saturated heterocycles. The molecular weight excluding hydrogens is 420 g/mol. The SMILES string of the molecule is CC(C)=C1C(=O)N(CCCCCCNC(=O)OC(C)(C)C)C(=O)/C1=C(/C)c1cc(C)oc1C. The van der Waals surface area contributed by atoms with E-state index in [0.29, 0.717) is 24.2 Å². The molecule has 7 heteroatoms. The number of furan rings is 1. The molecule has 0 bridgehead atoms. The second-order valence-electron chi connectivity index (χ2n) is 9.81. The lowest BCUT2D eigenvalue weighted by molar-refractivity contribution is -0.136. The zero-order valence-electron chi connectivity index (χ0n) is 21.3. The predicted octanol–water partition coefficient (Wildman–Crippen LogP) is 5.46. The fraction of sp³-hybridized carbons (Fsp3) is 0.577. The number of carbonyl (C=O) groups is 3. The molecular formula is C26H38N2O5. The number of nitrogens with one attached hydrogen (secondary N) is 1. The van der Waals surface area contributed by atoms with E-state index in [1.165, 1.54) is 4.90 Å². The lowest BCUT2D eigenvalue weighted by atomic mass is 9.95. The van der Waals surface area contributed by atoms with Gasteiger partial charge in [-0.25, -0.2) is 4.79 Å². The van der Waals surface area contributed by atoms with Gasteiger partial charge >= 0.3 is 6.09 Å². The standard InChI is InChI=1S/C26H38N2O5/c1-16(2)21-22(18(4)20-15-17(3)32-19(20)5)24(30)28(23(21)29)14-12-10-9-11-13-27-25(31)33-26(6,7)8/h15H,9-14H2,1-8H3,(H,27,31)/b22-18-. The number of unbranched alkanes of at least 4 members (excludes halogenated alkanes) is 3. The minimum Gasteiger partial charge on any atom is -0.466 e. The minimum atomic E-state index is -0.510. The molecule has 2 heterocycles. The fourth-order valence-corrected chi connectivity index (χ4v) is 3.98. The number of carbonyl (C=O) groups excluding carboxylic acids is 3. The van der Waals surface area contributed by atoms with Crippen LogP contribution in [-0.4, -0.2) is 41.5 Å². The van der Waals surface area contributed by atoms with Crippen LogP contribution in [0.4, 0.5) is 4.79 Å². The fourth-order valence-electron chi connectivity index (χ4n) is 3.98. The van der Waals surface area contributed by atoms with E-state index >= 15 is 0 Å². The van der Waals surface area contributed by atoms with Crippen molar-refractivity contribution in [2.24, 2.45) is 0 Å². The van der Waals surface area contributed by atoms with Crippen LogP contribution in [0.25, 0.3) is 5.57 Å². The Hall–Kier alpha value is -2.83. The first-order valence-corrected chi connectivity index (χ1v) is 11.6. The van der Waals surface area contributed by atoms with E-state index in [0.717, 1.165) is 53.9 Å². The van der Waals surface area contributed by atoms with Gasteiger partial charge in [0.1, 0.15) is 17.1 Å². The quantitative estimate of drug-likeness (QED) is 0.317. The van der Waals surface area contributed by atoms with Crippen molar-refractivity contribution in [1.82, 2.24) is 10.2 Å². The third kappa shape index (κ3) is 6.83. The van der Waals surface area contributed by atoms with Gasteiger partial charge in [-0.05, 0) is 79.9 Å². The molecule has 2 rings (SSSR count). The molecule has 1 aromatic heterocycles. The Bertz CT molecular complexity index is 971. The highest BCUT2D eigenvalue weighted by molar-refractivity contribution is 6.27. The van der Waals surface area contributed by atoms with E-state index in [2.05, 4.69) is 5.32 Å². The molecule has 1 N–H and O–H groups in total. The Kier molecular flexibility index (Phi) is 8.69. The Balaban J connectivity index is 1.95. The Labute approximate surface area is 197 Å². The molecule has 1 aromatic rings. The molecule has 3 amide bonds. The number of nitrogens with zero attached hydrogens (tertiary/aromatic N) is 1. The van der Waals surface area contributed by atoms with Crippen molar-refractivity contribution in [3.05, 3.63) is 39.9 Å². The Morgan fingerprint density at radius 3 is 2.15 bits per heavy atom. The van der Waals surface area contributed by atoms with Gasteiger partial charge in [0.05, 0.1) is 11.1 Å². The number of aryl methyl sites for hydroxylation is 2. The summed E-state index contributed by atoms with van der Waals surface area (Å²) in [4.78, 5) is 39.3. The Morgan fingerprint density at radius 2 is 1.61 bits per heavy atom. The molecule has 1 fully saturated rings. The summed E-state index contributed by atoms with van der Waals surface area (Å²) in [5.74, 6) is 1.05. The summed E-state index contributed by atoms with van der Waals surface area (Å²) in [5, 5.41) is 2.74. The number of imide groups is 1. The van der Waals surface area contributed by atoms with Crippen LogP contribution in [0, 0.1) is 13.8 Å². The third-order valence-electron chi connectivity index (χ3n) is 5.46. The maximum Gasteiger partial charge on any atom is 0.407 e. The van der Waals surface area contributed by atoms with Gasteiger partial charge in [-0.1, -0.05) is 18.4 Å². The van der Waals surface area contributed by atoms with Gasteiger partial charge in [0.15, 0.2) is 0 Å². The molecule has 0 aromatic carbocycles. The number of rotatable bonds is 8. The van der Waals surface area contributed by atoms with Crippen LogP contribution in [0.15, 0.2) is 27.2 Å². The average molecular weight is 459 g/mol. The first-order chi connectivity index (χ1) is 15.3. The van der Waals surface area contributed by atoms with Crippen LogP contribution < -0.4 is 5.32 Å². The van der Waals surface area contributed by atoms with Gasteiger partial charge in [-0.2, -0.15) is 0 Å². The highest BCUT2D eigenvalue weighted by Gasteiger charge is 2.40. The number of ether oxygens (including phenoxy) is 1. The van der Waals surface area contributed by atoms with Crippen molar-refractivity contribution < 1.29 is 23.5 Å². The van der Waals surface area contributed by atoms with E-state index in [-0.39, 0.29) is 11.8 Å². The van der Waals surface area contributed by atoms with Crippen molar-refractivity contribution in [1.29, 1.82) is 0 Å². The maximum absolute atomic E-state index is 13.2. The third-order valence-corrected chi connectivity index (χ3v) is 5.46. The Morgan fingerprint density at radius 1 is 1.00 bits per heavy atom. The molecule has 1 aliphatic heterocycles. The van der Waals surface area contributed by atoms with Crippen molar-refractivity contribution in [3.63, 3.8) is 0 Å². The zero-order chi connectivity index (χ0) is 24.9. The zero-order valence-corrected chi connectivity index (χ0v) is 21.3. The van der Waals surface area contributed by atoms with Gasteiger partial charge in [0.2, 0.25) is 0 Å². The monoisotopic (exact) mass is 458 g/mol. The summed E-state index contributed by atoms with van der Waals surface area (Å²) < 4.78 is 10.8. The van der Waals surface area contributed by atoms with Gasteiger partial charge in [-0.3, -0.25) is 14.5 Å². The first-order valence-electron chi connectivity index (χ1n) is 11.6. The molecule has 0 radical (unpaired) electrons. The normalized spacial score (nSPS) is 15.9. The number of hydrogen-bond donors (Lipinski definition) is 1. The highest BCUT2D eigenvalue weighted by Crippen LogP contribution is 2.35. The van der Waals surface area contributed by atoms with Crippen LogP contribution in [-0.2, 0) is 14.3 Å². The number of hydrogen-bond acceptors (Lipinski definition) is 5. The first kappa shape index (κ1) is 26.4. The topological polar surface area (TPSA) is 88.9 Å². The summed E-state index contributed by atoms with van der Waals surface area (Å²) in [6.07, 6.45) is 2.86. The summed E-state index contributed by atoms with van der Waals surface area (Å²) in [6, 6.07) is 1.91. The summed E-state index contributed by atoms with van der Waals surface area (Å²) in [5.41, 5.74) is 2.93. The summed E-state index contributed by atoms with van der Waals surface area (Å²) in [7, 11) is 0. The van der Waals surface area contributed by atoms with E-state index in [1.807, 2.05) is 61.5 Å². The summed E-state index contributed by atoms with van der Waals surface area (Å²) in [6.45, 7) is 15.7. The summed E-state index contributed by atoms with van der Waals surface area (Å²) >= 11 is 0. The molecule has 0 saturated carbocycles. The van der Waals surface area contributed by atoms with Crippen LogP contribution in [0.3, 0.4) is 0 Å². The van der Waals surface area contributed by atoms with Crippen molar-refractivity contribution in [2.75, 3.05) is 13.1 Å². The largest absolute Gasteiger partial charge is 0.466 e. The average Bonchev–Trinajstić information content (AvgIpc) is 3.15. The smallest absolute Gasteiger partial charge is 0.407 e. The van der Waals surface area contributed by atoms with Gasteiger partial charge in [0.25, 0.3) is 11.8 Å². The van der Waals surface area contributed by atoms with Gasteiger partial charge in [-0.15, -0.1) is 0 Å². The molecule has 7 nitrogen and oxygen atoms in total. The number of allylic oxidation sites excluding steroid dienone is 2. The molecule has 33 heavy (non-hydrogen) atoms. The number of alkyl carbamates (subject to hydrolysis) is 1. The maximum atomic E-state index is 13.2. The van der Waals surface area contributed by atoms with E-state index < -0.39 is 11.7 Å². The second-order valence-corrected chi connectivity index (χ2v) is 9.81. The second kappa shape index (κ2) is 10.9. The number of likely N-dealkylation sites (tertiary alicyclic amines) is 1. The van der Waals surface area contributed by atoms with Gasteiger partial charge < -0.3 is 14.5 Å². The lowest BCUT2D eigenvalue weighted by Gasteiger charge is -2.19. The highest BCUT2D eigenvalue weighted by atomic mass is 16.6. The van der Waals surface area contributed by atoms with E-state index in [4.69, 9.17) is 9.15 Å². The van der Waals surface area contributed by atoms with Crippen LogP contribution in [0.2, 0.25) is 0 Å². The molecule has 0 spiro atoms. The van der Waals surface area contributed by atoms with Crippen molar-refractivity contribution in [3.8, 4) is 0 Å². The molecule has 0 atom stereocenters.